The quantitative estimate of drug-likeness (QED) is 0.749. The molecule has 7 heteroatoms. The van der Waals surface area contributed by atoms with Crippen molar-refractivity contribution in [2.24, 2.45) is 0 Å². The monoisotopic (exact) mass is 400 g/mol. The summed E-state index contributed by atoms with van der Waals surface area (Å²) in [5, 5.41) is 0. The smallest absolute Gasteiger partial charge is 0.241 e. The van der Waals surface area contributed by atoms with Crippen molar-refractivity contribution in [3.8, 4) is 0 Å². The first-order valence-electron chi connectivity index (χ1n) is 10.8. The molecule has 4 rings (SSSR count). The van der Waals surface area contributed by atoms with Crippen molar-refractivity contribution in [3.63, 3.8) is 0 Å². The van der Waals surface area contributed by atoms with Crippen LogP contribution in [0.3, 0.4) is 0 Å². The lowest BCUT2D eigenvalue weighted by Crippen LogP contribution is -2.54. The minimum atomic E-state index is 0.0984. The van der Waals surface area contributed by atoms with Gasteiger partial charge in [0.05, 0.1) is 25.3 Å². The lowest BCUT2D eigenvalue weighted by atomic mass is 10.2. The third kappa shape index (κ3) is 4.79. The summed E-state index contributed by atoms with van der Waals surface area (Å²) in [6.07, 6.45) is 1.14. The van der Waals surface area contributed by atoms with Gasteiger partial charge in [-0.25, -0.2) is 0 Å². The lowest BCUT2D eigenvalue weighted by molar-refractivity contribution is -0.144. The fourth-order valence-electron chi connectivity index (χ4n) is 4.65. The van der Waals surface area contributed by atoms with Crippen molar-refractivity contribution in [3.05, 3.63) is 29.8 Å². The molecular formula is C22H32N4O3. The molecule has 2 atom stereocenters. The number of hydrogen-bond acceptors (Lipinski definition) is 5. The number of fused-ring (bicyclic) bond motifs is 1. The Bertz CT molecular complexity index is 737. The average Bonchev–Trinajstić information content (AvgIpc) is 3.13. The molecule has 29 heavy (non-hydrogen) atoms. The Labute approximate surface area is 173 Å². The molecule has 0 aliphatic carbocycles. The van der Waals surface area contributed by atoms with Gasteiger partial charge in [0.2, 0.25) is 11.8 Å². The predicted octanol–water partition coefficient (Wildman–Crippen LogP) is 0.829. The summed E-state index contributed by atoms with van der Waals surface area (Å²) < 4.78 is 5.72. The summed E-state index contributed by atoms with van der Waals surface area (Å²) >= 11 is 0. The molecule has 3 aliphatic heterocycles. The second-order valence-electron chi connectivity index (χ2n) is 8.53. The molecule has 0 bridgehead atoms. The van der Waals surface area contributed by atoms with Gasteiger partial charge in [-0.2, -0.15) is 0 Å². The lowest BCUT2D eigenvalue weighted by Gasteiger charge is -2.38. The molecule has 1 aromatic rings. The number of rotatable bonds is 4. The average molecular weight is 401 g/mol. The Morgan fingerprint density at radius 3 is 2.14 bits per heavy atom. The van der Waals surface area contributed by atoms with Gasteiger partial charge in [-0.3, -0.25) is 19.4 Å². The molecule has 2 fully saturated rings. The number of amides is 2. The number of nitrogens with zero attached hydrogens (tertiary/aromatic N) is 4. The van der Waals surface area contributed by atoms with Crippen LogP contribution in [0.2, 0.25) is 0 Å². The first-order chi connectivity index (χ1) is 14.0. The second kappa shape index (κ2) is 8.81. The molecule has 0 N–H and O–H groups in total. The molecule has 7 nitrogen and oxygen atoms in total. The molecule has 2 saturated heterocycles. The Morgan fingerprint density at radius 1 is 0.897 bits per heavy atom. The van der Waals surface area contributed by atoms with Gasteiger partial charge in [0.1, 0.15) is 0 Å². The van der Waals surface area contributed by atoms with Crippen LogP contribution in [0.5, 0.6) is 0 Å². The van der Waals surface area contributed by atoms with Crippen molar-refractivity contribution in [2.75, 3.05) is 63.8 Å². The first kappa shape index (κ1) is 20.3. The van der Waals surface area contributed by atoms with Crippen molar-refractivity contribution in [1.29, 1.82) is 0 Å². The molecule has 0 radical (unpaired) electrons. The summed E-state index contributed by atoms with van der Waals surface area (Å²) in [5.74, 6) is 0.362. The van der Waals surface area contributed by atoms with Crippen LogP contribution in [0.1, 0.15) is 19.4 Å². The molecule has 1 aromatic carbocycles. The van der Waals surface area contributed by atoms with Gasteiger partial charge in [0, 0.05) is 51.5 Å². The van der Waals surface area contributed by atoms with E-state index in [-0.39, 0.29) is 24.0 Å². The third-order valence-corrected chi connectivity index (χ3v) is 6.14. The van der Waals surface area contributed by atoms with Crippen molar-refractivity contribution in [1.82, 2.24) is 14.7 Å². The molecule has 158 valence electrons. The van der Waals surface area contributed by atoms with E-state index in [0.717, 1.165) is 44.8 Å². The Balaban J connectivity index is 1.23. The predicted molar refractivity (Wildman–Crippen MR) is 112 cm³/mol. The minimum absolute atomic E-state index is 0.0984. The van der Waals surface area contributed by atoms with Gasteiger partial charge in [-0.1, -0.05) is 18.2 Å². The topological polar surface area (TPSA) is 56.3 Å². The van der Waals surface area contributed by atoms with Crippen LogP contribution in [0.25, 0.3) is 0 Å². The number of morpholine rings is 1. The van der Waals surface area contributed by atoms with E-state index in [9.17, 15) is 9.59 Å². The molecule has 0 aromatic heterocycles. The Morgan fingerprint density at radius 2 is 1.48 bits per heavy atom. The van der Waals surface area contributed by atoms with E-state index in [1.165, 1.54) is 5.56 Å². The molecule has 2 unspecified atom stereocenters. The number of benzene rings is 1. The summed E-state index contributed by atoms with van der Waals surface area (Å²) in [6, 6.07) is 8.17. The highest BCUT2D eigenvalue weighted by Gasteiger charge is 2.29. The summed E-state index contributed by atoms with van der Waals surface area (Å²) in [6.45, 7) is 10.4. The number of anilines is 1. The molecular weight excluding hydrogens is 368 g/mol. The maximum Gasteiger partial charge on any atom is 0.241 e. The van der Waals surface area contributed by atoms with Crippen LogP contribution in [0, 0.1) is 0 Å². The number of para-hydroxylation sites is 1. The highest BCUT2D eigenvalue weighted by Crippen LogP contribution is 2.27. The van der Waals surface area contributed by atoms with Crippen molar-refractivity contribution >= 4 is 17.5 Å². The van der Waals surface area contributed by atoms with E-state index >= 15 is 0 Å². The van der Waals surface area contributed by atoms with Crippen LogP contribution in [0.15, 0.2) is 24.3 Å². The third-order valence-electron chi connectivity index (χ3n) is 6.14. The number of carbonyl (C=O) groups is 2. The van der Waals surface area contributed by atoms with Crippen LogP contribution in [-0.2, 0) is 20.7 Å². The normalized spacial score (nSPS) is 25.9. The maximum absolute atomic E-state index is 12.8. The number of piperazine rings is 1. The van der Waals surface area contributed by atoms with Crippen LogP contribution in [-0.4, -0.2) is 97.6 Å². The number of hydrogen-bond donors (Lipinski definition) is 0. The first-order valence-corrected chi connectivity index (χ1v) is 10.8. The maximum atomic E-state index is 12.8. The van der Waals surface area contributed by atoms with Gasteiger partial charge in [-0.05, 0) is 31.9 Å². The number of carbonyl (C=O) groups excluding carboxylic acids is 2. The standard InChI is InChI=1S/C22H32N4O3/c1-17-13-25(14-18(2)29-17)21(27)15-23-9-11-24(12-10-23)16-22(28)26-8-7-19-5-3-4-6-20(19)26/h3-6,17-18H,7-16H2,1-2H3. The molecule has 2 amide bonds. The zero-order valence-electron chi connectivity index (χ0n) is 17.5. The zero-order chi connectivity index (χ0) is 20.4. The van der Waals surface area contributed by atoms with E-state index in [0.29, 0.717) is 26.2 Å². The molecule has 3 heterocycles. The Hall–Kier alpha value is -1.96. The molecule has 0 saturated carbocycles. The van der Waals surface area contributed by atoms with Crippen LogP contribution < -0.4 is 4.90 Å². The fourth-order valence-corrected chi connectivity index (χ4v) is 4.65. The van der Waals surface area contributed by atoms with E-state index in [1.54, 1.807) is 0 Å². The highest BCUT2D eigenvalue weighted by atomic mass is 16.5. The van der Waals surface area contributed by atoms with Gasteiger partial charge in [-0.15, -0.1) is 0 Å². The summed E-state index contributed by atoms with van der Waals surface area (Å²) in [4.78, 5) is 33.7. The van der Waals surface area contributed by atoms with Crippen LogP contribution in [0.4, 0.5) is 5.69 Å². The van der Waals surface area contributed by atoms with Crippen molar-refractivity contribution < 1.29 is 14.3 Å². The molecule has 3 aliphatic rings. The number of ether oxygens (including phenoxy) is 1. The van der Waals surface area contributed by atoms with Gasteiger partial charge in [0.25, 0.3) is 0 Å². The van der Waals surface area contributed by atoms with E-state index in [4.69, 9.17) is 4.74 Å². The second-order valence-corrected chi connectivity index (χ2v) is 8.53. The fraction of sp³-hybridized carbons (Fsp3) is 0.636. The SMILES string of the molecule is CC1CN(C(=O)CN2CCN(CC(=O)N3CCc4ccccc43)CC2)CC(C)O1. The van der Waals surface area contributed by atoms with E-state index in [1.807, 2.05) is 41.8 Å². The summed E-state index contributed by atoms with van der Waals surface area (Å²) in [7, 11) is 0. The van der Waals surface area contributed by atoms with E-state index in [2.05, 4.69) is 15.9 Å². The largest absolute Gasteiger partial charge is 0.372 e. The van der Waals surface area contributed by atoms with Gasteiger partial charge in [0.15, 0.2) is 0 Å². The van der Waals surface area contributed by atoms with Gasteiger partial charge < -0.3 is 14.5 Å². The summed E-state index contributed by atoms with van der Waals surface area (Å²) in [5.41, 5.74) is 2.33. The van der Waals surface area contributed by atoms with Crippen molar-refractivity contribution in [2.45, 2.75) is 32.5 Å². The molecule has 0 spiro atoms. The highest BCUT2D eigenvalue weighted by molar-refractivity contribution is 5.96. The van der Waals surface area contributed by atoms with Gasteiger partial charge >= 0.3 is 0 Å². The van der Waals surface area contributed by atoms with Crippen LogP contribution >= 0.6 is 0 Å². The minimum Gasteiger partial charge on any atom is -0.372 e. The van der Waals surface area contributed by atoms with E-state index < -0.39 is 0 Å². The Kier molecular flexibility index (Phi) is 6.18. The zero-order valence-corrected chi connectivity index (χ0v) is 17.5.